The van der Waals surface area contributed by atoms with Crippen molar-refractivity contribution in [2.75, 3.05) is 0 Å². The van der Waals surface area contributed by atoms with Crippen molar-refractivity contribution in [3.8, 4) is 11.5 Å². The van der Waals surface area contributed by atoms with Gasteiger partial charge in [-0.05, 0) is 36.8 Å². The van der Waals surface area contributed by atoms with Gasteiger partial charge in [0, 0.05) is 10.6 Å². The third kappa shape index (κ3) is 2.78. The number of hydrogen-bond donors (Lipinski definition) is 1. The van der Waals surface area contributed by atoms with Crippen LogP contribution in [-0.2, 0) is 6.61 Å². The maximum Gasteiger partial charge on any atom is 0.134 e. The van der Waals surface area contributed by atoms with Gasteiger partial charge in [0.05, 0.1) is 6.61 Å². The fraction of sp³-hybridized carbons (Fsp3) is 0.143. The predicted octanol–water partition coefficient (Wildman–Crippen LogP) is 3.93. The van der Waals surface area contributed by atoms with E-state index < -0.39 is 0 Å². The van der Waals surface area contributed by atoms with E-state index >= 15 is 0 Å². The Balaban J connectivity index is 2.33. The lowest BCUT2D eigenvalue weighted by atomic mass is 10.2. The molecule has 0 aromatic heterocycles. The van der Waals surface area contributed by atoms with E-state index in [1.54, 1.807) is 18.2 Å². The first kappa shape index (κ1) is 12.0. The van der Waals surface area contributed by atoms with Crippen LogP contribution in [0.25, 0.3) is 0 Å². The van der Waals surface area contributed by atoms with Gasteiger partial charge in [-0.1, -0.05) is 29.8 Å². The molecule has 0 saturated carbocycles. The Morgan fingerprint density at radius 1 is 1.18 bits per heavy atom. The number of halogens is 1. The summed E-state index contributed by atoms with van der Waals surface area (Å²) in [5, 5.41) is 9.78. The van der Waals surface area contributed by atoms with Crippen LogP contribution in [0.4, 0.5) is 0 Å². The normalized spacial score (nSPS) is 10.3. The van der Waals surface area contributed by atoms with Crippen LogP contribution in [0, 0.1) is 6.92 Å². The number of rotatable bonds is 3. The van der Waals surface area contributed by atoms with Crippen LogP contribution in [-0.4, -0.2) is 5.11 Å². The van der Waals surface area contributed by atoms with Crippen molar-refractivity contribution in [1.82, 2.24) is 0 Å². The van der Waals surface area contributed by atoms with Crippen molar-refractivity contribution >= 4 is 11.6 Å². The van der Waals surface area contributed by atoms with E-state index in [0.29, 0.717) is 16.3 Å². The summed E-state index contributed by atoms with van der Waals surface area (Å²) >= 11 is 5.99. The van der Waals surface area contributed by atoms with Crippen LogP contribution in [0.3, 0.4) is 0 Å². The van der Waals surface area contributed by atoms with Crippen molar-refractivity contribution in [1.29, 1.82) is 0 Å². The molecule has 88 valence electrons. The monoisotopic (exact) mass is 248 g/mol. The Morgan fingerprint density at radius 3 is 2.65 bits per heavy atom. The van der Waals surface area contributed by atoms with Gasteiger partial charge in [0.2, 0.25) is 0 Å². The van der Waals surface area contributed by atoms with Gasteiger partial charge in [0.25, 0.3) is 0 Å². The lowest BCUT2D eigenvalue weighted by Crippen LogP contribution is -1.92. The number of hydrogen-bond acceptors (Lipinski definition) is 2. The van der Waals surface area contributed by atoms with E-state index in [2.05, 4.69) is 0 Å². The first-order valence-corrected chi connectivity index (χ1v) is 5.71. The van der Waals surface area contributed by atoms with Crippen molar-refractivity contribution < 1.29 is 9.84 Å². The largest absolute Gasteiger partial charge is 0.457 e. The molecule has 0 saturated heterocycles. The second-order valence-electron chi connectivity index (χ2n) is 3.79. The van der Waals surface area contributed by atoms with E-state index in [9.17, 15) is 5.11 Å². The Morgan fingerprint density at radius 2 is 1.94 bits per heavy atom. The fourth-order valence-electron chi connectivity index (χ4n) is 1.59. The molecule has 0 unspecified atom stereocenters. The molecule has 2 aromatic carbocycles. The van der Waals surface area contributed by atoms with Crippen LogP contribution in [0.5, 0.6) is 11.5 Å². The summed E-state index contributed by atoms with van der Waals surface area (Å²) in [5.74, 6) is 1.33. The lowest BCUT2D eigenvalue weighted by molar-refractivity contribution is 0.276. The van der Waals surface area contributed by atoms with Gasteiger partial charge in [-0.15, -0.1) is 0 Å². The van der Waals surface area contributed by atoms with Crippen LogP contribution in [0.2, 0.25) is 5.02 Å². The average molecular weight is 249 g/mol. The second-order valence-corrected chi connectivity index (χ2v) is 4.20. The van der Waals surface area contributed by atoms with Crippen molar-refractivity contribution in [3.05, 3.63) is 58.6 Å². The van der Waals surface area contributed by atoms with Gasteiger partial charge < -0.3 is 9.84 Å². The summed E-state index contributed by atoms with van der Waals surface area (Å²) in [6, 6.07) is 13.0. The Kier molecular flexibility index (Phi) is 3.67. The Labute approximate surface area is 105 Å². The summed E-state index contributed by atoms with van der Waals surface area (Å²) < 4.78 is 5.72. The molecule has 0 bridgehead atoms. The summed E-state index contributed by atoms with van der Waals surface area (Å²) in [7, 11) is 0. The molecule has 0 radical (unpaired) electrons. The predicted molar refractivity (Wildman–Crippen MR) is 68.6 cm³/mol. The van der Waals surface area contributed by atoms with Gasteiger partial charge >= 0.3 is 0 Å². The molecule has 17 heavy (non-hydrogen) atoms. The molecule has 0 heterocycles. The summed E-state index contributed by atoms with van der Waals surface area (Å²) in [4.78, 5) is 0. The van der Waals surface area contributed by atoms with Gasteiger partial charge in [-0.3, -0.25) is 0 Å². The highest BCUT2D eigenvalue weighted by atomic mass is 35.5. The van der Waals surface area contributed by atoms with E-state index in [1.165, 1.54) is 0 Å². The molecule has 1 N–H and O–H groups in total. The highest BCUT2D eigenvalue weighted by Crippen LogP contribution is 2.30. The molecule has 0 atom stereocenters. The standard InChI is InChI=1S/C14H13ClO2/c1-10-4-2-5-11(8-10)17-14-7-3-6-13(15)12(14)9-16/h2-8,16H,9H2,1H3. The number of aliphatic hydroxyl groups excluding tert-OH is 1. The van der Waals surface area contributed by atoms with Crippen LogP contribution < -0.4 is 4.74 Å². The van der Waals surface area contributed by atoms with E-state index in [4.69, 9.17) is 16.3 Å². The van der Waals surface area contributed by atoms with Gasteiger partial charge in [-0.25, -0.2) is 0 Å². The topological polar surface area (TPSA) is 29.5 Å². The Bertz CT molecular complexity index is 523. The maximum atomic E-state index is 9.27. The smallest absolute Gasteiger partial charge is 0.134 e. The molecule has 0 aliphatic heterocycles. The number of benzene rings is 2. The van der Waals surface area contributed by atoms with E-state index in [1.807, 2.05) is 31.2 Å². The molecule has 0 spiro atoms. The molecule has 2 nitrogen and oxygen atoms in total. The fourth-order valence-corrected chi connectivity index (χ4v) is 1.82. The molecule has 0 aliphatic carbocycles. The zero-order valence-electron chi connectivity index (χ0n) is 9.48. The zero-order valence-corrected chi connectivity index (χ0v) is 10.2. The molecular weight excluding hydrogens is 236 g/mol. The van der Waals surface area contributed by atoms with Crippen LogP contribution in [0.15, 0.2) is 42.5 Å². The number of ether oxygens (including phenoxy) is 1. The van der Waals surface area contributed by atoms with Gasteiger partial charge in [0.15, 0.2) is 0 Å². The van der Waals surface area contributed by atoms with Gasteiger partial charge in [-0.2, -0.15) is 0 Å². The number of aryl methyl sites for hydroxylation is 1. The molecule has 2 aromatic rings. The van der Waals surface area contributed by atoms with Crippen molar-refractivity contribution in [2.45, 2.75) is 13.5 Å². The first-order chi connectivity index (χ1) is 8.20. The van der Waals surface area contributed by atoms with Crippen LogP contribution in [0.1, 0.15) is 11.1 Å². The molecular formula is C14H13ClO2. The summed E-state index contributed by atoms with van der Waals surface area (Å²) in [5.41, 5.74) is 1.73. The third-order valence-corrected chi connectivity index (χ3v) is 2.81. The van der Waals surface area contributed by atoms with Crippen molar-refractivity contribution in [3.63, 3.8) is 0 Å². The van der Waals surface area contributed by atoms with E-state index in [-0.39, 0.29) is 6.61 Å². The summed E-state index contributed by atoms with van der Waals surface area (Å²) in [6.07, 6.45) is 0. The molecule has 3 heteroatoms. The minimum atomic E-state index is -0.138. The summed E-state index contributed by atoms with van der Waals surface area (Å²) in [6.45, 7) is 1.86. The number of aliphatic hydroxyl groups is 1. The first-order valence-electron chi connectivity index (χ1n) is 5.33. The second kappa shape index (κ2) is 5.21. The van der Waals surface area contributed by atoms with Gasteiger partial charge in [0.1, 0.15) is 11.5 Å². The molecule has 0 amide bonds. The quantitative estimate of drug-likeness (QED) is 0.892. The molecule has 0 aliphatic rings. The zero-order chi connectivity index (χ0) is 12.3. The maximum absolute atomic E-state index is 9.27. The highest BCUT2D eigenvalue weighted by molar-refractivity contribution is 6.31. The Hall–Kier alpha value is -1.51. The third-order valence-electron chi connectivity index (χ3n) is 2.45. The van der Waals surface area contributed by atoms with E-state index in [0.717, 1.165) is 11.3 Å². The minimum Gasteiger partial charge on any atom is -0.457 e. The minimum absolute atomic E-state index is 0.138. The van der Waals surface area contributed by atoms with Crippen LogP contribution >= 0.6 is 11.6 Å². The lowest BCUT2D eigenvalue weighted by Gasteiger charge is -2.11. The SMILES string of the molecule is Cc1cccc(Oc2cccc(Cl)c2CO)c1. The molecule has 0 fully saturated rings. The highest BCUT2D eigenvalue weighted by Gasteiger charge is 2.07. The average Bonchev–Trinajstić information content (AvgIpc) is 2.29. The van der Waals surface area contributed by atoms with Crippen molar-refractivity contribution in [2.24, 2.45) is 0 Å². The molecule has 2 rings (SSSR count).